The number of hydrogen-bond acceptors (Lipinski definition) is 0. The number of rotatable bonds is 17. The highest BCUT2D eigenvalue weighted by atomic mass is 35.8. The lowest BCUT2D eigenvalue weighted by Crippen LogP contribution is -2.07. The van der Waals surface area contributed by atoms with Crippen molar-refractivity contribution in [3.05, 3.63) is 0 Å². The van der Waals surface area contributed by atoms with Gasteiger partial charge in [-0.2, -0.15) is 0 Å². The van der Waals surface area contributed by atoms with Gasteiger partial charge in [0.2, 0.25) is 0 Å². The fourth-order valence-electron chi connectivity index (χ4n) is 2.87. The smallest absolute Gasteiger partial charge is 0.126 e. The van der Waals surface area contributed by atoms with Crippen molar-refractivity contribution < 1.29 is 0 Å². The van der Waals surface area contributed by atoms with Crippen LogP contribution in [0.3, 0.4) is 0 Å². The largest absolute Gasteiger partial charge is 0.341 e. The Hall–Kier alpha value is 1.96. The Kier molecular flexibility index (Phi) is 26.9. The summed E-state index contributed by atoms with van der Waals surface area (Å²) in [6.07, 6.45) is 22.2. The van der Waals surface area contributed by atoms with Crippen molar-refractivity contribution in [2.75, 3.05) is 0 Å². The van der Waals surface area contributed by atoms with Crippen LogP contribution in [0.25, 0.3) is 0 Å². The Morgan fingerprint density at radius 2 is 0.731 bits per heavy atom. The lowest BCUT2D eigenvalue weighted by molar-refractivity contribution is 0.531. The van der Waals surface area contributed by atoms with Crippen molar-refractivity contribution in [1.29, 1.82) is 0 Å². The van der Waals surface area contributed by atoms with E-state index < -0.39 is 10.3 Å². The highest BCUT2D eigenvalue weighted by Crippen LogP contribution is 2.27. The minimum Gasteiger partial charge on any atom is -0.126 e. The molecule has 7 heteroatoms. The number of halogens is 6. The van der Waals surface area contributed by atoms with Gasteiger partial charge in [-0.15, -0.1) is 33.2 Å². The van der Waals surface area contributed by atoms with E-state index in [2.05, 4.69) is 6.92 Å². The second-order valence-electron chi connectivity index (χ2n) is 6.92. The maximum atomic E-state index is 5.87. The van der Waals surface area contributed by atoms with Crippen molar-refractivity contribution in [2.45, 2.75) is 120 Å². The molecule has 0 aliphatic rings. The second kappa shape index (κ2) is 23.2. The van der Waals surface area contributed by atoms with Gasteiger partial charge in [0.1, 0.15) is 0 Å². The van der Waals surface area contributed by atoms with Gasteiger partial charge in [0.15, 0.2) is 4.30 Å². The van der Waals surface area contributed by atoms with Gasteiger partial charge in [-0.05, 0) is 6.04 Å². The summed E-state index contributed by atoms with van der Waals surface area (Å²) < 4.78 is -0.750. The molecular formula is C19H38Cl6Si. The molecule has 0 bridgehead atoms. The highest BCUT2D eigenvalue weighted by molar-refractivity contribution is 7.64. The molecule has 0 radical (unpaired) electrons. The van der Waals surface area contributed by atoms with E-state index in [0.29, 0.717) is 0 Å². The molecule has 0 unspecified atom stereocenters. The van der Waals surface area contributed by atoms with Crippen LogP contribution in [-0.4, -0.2) is 10.3 Å². The van der Waals surface area contributed by atoms with Crippen LogP contribution >= 0.6 is 68.0 Å². The van der Waals surface area contributed by atoms with E-state index in [-0.39, 0.29) is 0 Å². The van der Waals surface area contributed by atoms with Crippen LogP contribution in [0.1, 0.15) is 110 Å². The summed E-state index contributed by atoms with van der Waals surface area (Å²) in [4.78, 5) is 0. The summed E-state index contributed by atoms with van der Waals surface area (Å²) in [6.45, 7) is 2.28. The number of hydrogen-bond donors (Lipinski definition) is 0. The van der Waals surface area contributed by atoms with Crippen LogP contribution in [0.2, 0.25) is 6.04 Å². The summed E-state index contributed by atoms with van der Waals surface area (Å²) in [7, 11) is 0. The van der Waals surface area contributed by atoms with Crippen molar-refractivity contribution in [3.63, 3.8) is 0 Å². The SMILES string of the molecule is CCCCCCCCCCCCCCCCCC[Si](Cl)(Cl)Cl.ClC(Cl)Cl. The molecule has 0 heterocycles. The Balaban J connectivity index is 0. The van der Waals surface area contributed by atoms with E-state index in [0.717, 1.165) is 12.5 Å². The topological polar surface area (TPSA) is 0 Å². The monoisotopic (exact) mass is 504 g/mol. The zero-order valence-electron chi connectivity index (χ0n) is 16.4. The third-order valence-electron chi connectivity index (χ3n) is 4.31. The predicted octanol–water partition coefficient (Wildman–Crippen LogP) is 10.9. The van der Waals surface area contributed by atoms with E-state index in [1.54, 1.807) is 0 Å². The maximum absolute atomic E-state index is 5.87. The third kappa shape index (κ3) is 36.8. The first kappa shape index (κ1) is 30.2. The second-order valence-corrected chi connectivity index (χ2v) is 18.2. The molecule has 0 spiro atoms. The summed E-state index contributed by atoms with van der Waals surface area (Å²) in [6, 6.07) is -1.52. The number of unbranched alkanes of at least 4 members (excludes halogenated alkanes) is 15. The molecule has 0 fully saturated rings. The summed E-state index contributed by atoms with van der Waals surface area (Å²) in [5.41, 5.74) is 0. The standard InChI is InChI=1S/C18H37Cl3Si.CHCl3/c1-2-3-4-5-6-7-8-9-10-11-12-13-14-15-16-17-18-22(19,20)21;2-1(3)4/h2-18H2,1H3;1H. The van der Waals surface area contributed by atoms with Crippen molar-refractivity contribution >= 4 is 74.0 Å². The zero-order chi connectivity index (χ0) is 20.1. The highest BCUT2D eigenvalue weighted by Gasteiger charge is 2.23. The Labute approximate surface area is 193 Å². The van der Waals surface area contributed by atoms with Crippen molar-refractivity contribution in [1.82, 2.24) is 0 Å². The maximum Gasteiger partial charge on any atom is 0.341 e. The van der Waals surface area contributed by atoms with Crippen molar-refractivity contribution in [2.24, 2.45) is 0 Å². The minimum atomic E-state index is -2.35. The molecule has 160 valence electrons. The molecule has 0 aromatic carbocycles. The predicted molar refractivity (Wildman–Crippen MR) is 129 cm³/mol. The first-order valence-electron chi connectivity index (χ1n) is 10.3. The molecule has 0 nitrogen and oxygen atoms in total. The van der Waals surface area contributed by atoms with E-state index in [1.807, 2.05) is 0 Å². The van der Waals surface area contributed by atoms with Gasteiger partial charge in [0.05, 0.1) is 0 Å². The quantitative estimate of drug-likeness (QED) is 0.0795. The lowest BCUT2D eigenvalue weighted by Gasteiger charge is -2.07. The van der Waals surface area contributed by atoms with Crippen LogP contribution in [0.15, 0.2) is 0 Å². The normalized spacial score (nSPS) is 11.5. The molecule has 0 saturated carbocycles. The third-order valence-corrected chi connectivity index (χ3v) is 6.94. The summed E-state index contributed by atoms with van der Waals surface area (Å²) in [5.74, 6) is 0. The van der Waals surface area contributed by atoms with Crippen LogP contribution in [0.4, 0.5) is 0 Å². The molecule has 26 heavy (non-hydrogen) atoms. The van der Waals surface area contributed by atoms with E-state index >= 15 is 0 Å². The molecule has 0 amide bonds. The van der Waals surface area contributed by atoms with Gasteiger partial charge in [-0.25, -0.2) is 0 Å². The zero-order valence-corrected chi connectivity index (χ0v) is 21.9. The van der Waals surface area contributed by atoms with Gasteiger partial charge >= 0.3 is 6.00 Å². The first-order valence-corrected chi connectivity index (χ1v) is 16.8. The van der Waals surface area contributed by atoms with E-state index in [4.69, 9.17) is 68.0 Å². The van der Waals surface area contributed by atoms with Gasteiger partial charge in [0.25, 0.3) is 0 Å². The molecule has 0 atom stereocenters. The molecule has 0 rings (SSSR count). The lowest BCUT2D eigenvalue weighted by atomic mass is 10.0. The van der Waals surface area contributed by atoms with Crippen LogP contribution < -0.4 is 0 Å². The van der Waals surface area contributed by atoms with Crippen LogP contribution in [-0.2, 0) is 0 Å². The van der Waals surface area contributed by atoms with E-state index in [9.17, 15) is 0 Å². The fourth-order valence-corrected chi connectivity index (χ4v) is 4.73. The average molecular weight is 507 g/mol. The average Bonchev–Trinajstić information content (AvgIpc) is 2.53. The van der Waals surface area contributed by atoms with Gasteiger partial charge in [0, 0.05) is 0 Å². The molecule has 0 N–H and O–H groups in total. The molecule has 0 aliphatic heterocycles. The summed E-state index contributed by atoms with van der Waals surface area (Å²) >= 11 is 32.0. The number of alkyl halides is 3. The van der Waals surface area contributed by atoms with E-state index in [1.165, 1.54) is 96.3 Å². The van der Waals surface area contributed by atoms with Gasteiger partial charge in [-0.3, -0.25) is 0 Å². The summed E-state index contributed by atoms with van der Waals surface area (Å²) in [5, 5.41) is 0. The van der Waals surface area contributed by atoms with Crippen molar-refractivity contribution in [3.8, 4) is 0 Å². The molecule has 0 saturated heterocycles. The Morgan fingerprint density at radius 3 is 0.962 bits per heavy atom. The molecular weight excluding hydrogens is 469 g/mol. The molecule has 0 aromatic rings. The van der Waals surface area contributed by atoms with Crippen LogP contribution in [0, 0.1) is 0 Å². The molecule has 0 aromatic heterocycles. The first-order chi connectivity index (χ1) is 12.3. The fraction of sp³-hybridized carbons (Fsp3) is 1.00. The van der Waals surface area contributed by atoms with Gasteiger partial charge in [-0.1, -0.05) is 144 Å². The Morgan fingerprint density at radius 1 is 0.500 bits per heavy atom. The minimum absolute atomic E-state index is 0.750. The Bertz CT molecular complexity index is 256. The van der Waals surface area contributed by atoms with Crippen LogP contribution in [0.5, 0.6) is 0 Å². The van der Waals surface area contributed by atoms with Gasteiger partial charge < -0.3 is 0 Å². The molecule has 0 aliphatic carbocycles.